The van der Waals surface area contributed by atoms with Crippen LogP contribution in [0.2, 0.25) is 0 Å². The van der Waals surface area contributed by atoms with E-state index < -0.39 is 0 Å². The summed E-state index contributed by atoms with van der Waals surface area (Å²) in [6.07, 6.45) is 7.16. The number of hydrogen-bond acceptors (Lipinski definition) is 4. The molecule has 1 N–H and O–H groups in total. The molecule has 0 saturated carbocycles. The third kappa shape index (κ3) is 3.25. The zero-order chi connectivity index (χ0) is 15.4. The van der Waals surface area contributed by atoms with E-state index in [-0.39, 0.29) is 18.3 Å². The highest BCUT2D eigenvalue weighted by molar-refractivity contribution is 5.35. The number of nitrogens with zero attached hydrogens (tertiary/aromatic N) is 3. The van der Waals surface area contributed by atoms with Gasteiger partial charge < -0.3 is 10.0 Å². The monoisotopic (exact) mass is 301 g/mol. The summed E-state index contributed by atoms with van der Waals surface area (Å²) in [5.41, 5.74) is 1.70. The van der Waals surface area contributed by atoms with Crippen LogP contribution in [0.3, 0.4) is 0 Å². The van der Waals surface area contributed by atoms with E-state index in [0.29, 0.717) is 0 Å². The lowest BCUT2D eigenvalue weighted by atomic mass is 9.94. The number of benzene rings is 1. The van der Waals surface area contributed by atoms with Gasteiger partial charge in [0.25, 0.3) is 0 Å². The molecule has 2 aromatic rings. The summed E-state index contributed by atoms with van der Waals surface area (Å²) in [5.74, 6) is 0.243. The van der Waals surface area contributed by atoms with Gasteiger partial charge in [0.15, 0.2) is 0 Å². The molecule has 4 nitrogen and oxygen atoms in total. The van der Waals surface area contributed by atoms with Gasteiger partial charge in [0.1, 0.15) is 5.82 Å². The Bertz CT molecular complexity index is 594. The molecule has 2 heterocycles. The smallest absolute Gasteiger partial charge is 0.225 e. The number of aromatic nitrogens is 2. The Balaban J connectivity index is 1.79. The fraction of sp³-hybridized carbons (Fsp3) is 0.412. The first-order valence-corrected chi connectivity index (χ1v) is 7.71. The van der Waals surface area contributed by atoms with Gasteiger partial charge in [-0.05, 0) is 42.5 Å². The minimum Gasteiger partial charge on any atom is -0.395 e. The van der Waals surface area contributed by atoms with Gasteiger partial charge in [-0.15, -0.1) is 0 Å². The van der Waals surface area contributed by atoms with Crippen molar-refractivity contribution in [2.75, 3.05) is 24.6 Å². The zero-order valence-electron chi connectivity index (χ0n) is 12.5. The maximum atomic E-state index is 13.0. The first-order valence-electron chi connectivity index (χ1n) is 7.71. The minimum atomic E-state index is -0.280. The van der Waals surface area contributed by atoms with Gasteiger partial charge in [-0.2, -0.15) is 0 Å². The van der Waals surface area contributed by atoms with E-state index in [1.165, 1.54) is 31.4 Å². The molecule has 0 unspecified atom stereocenters. The topological polar surface area (TPSA) is 49.3 Å². The standard InChI is InChI=1S/C17H20FN3O/c18-15-6-4-13(5-7-15)16(12-22)14-10-19-17(20-11-14)21-8-2-1-3-9-21/h4-7,10-11,16,22H,1-3,8-9,12H2/t16-/m0/s1. The highest BCUT2D eigenvalue weighted by Crippen LogP contribution is 2.24. The molecule has 1 aliphatic rings. The number of aliphatic hydroxyl groups is 1. The molecule has 0 bridgehead atoms. The first-order chi connectivity index (χ1) is 10.8. The second-order valence-corrected chi connectivity index (χ2v) is 5.65. The lowest BCUT2D eigenvalue weighted by Crippen LogP contribution is -2.31. The molecule has 1 aromatic heterocycles. The van der Waals surface area contributed by atoms with Gasteiger partial charge >= 0.3 is 0 Å². The Morgan fingerprint density at radius 3 is 2.23 bits per heavy atom. The zero-order valence-corrected chi connectivity index (χ0v) is 12.5. The van der Waals surface area contributed by atoms with E-state index in [2.05, 4.69) is 14.9 Å². The number of piperidine rings is 1. The molecule has 0 spiro atoms. The second kappa shape index (κ2) is 6.83. The SMILES string of the molecule is OC[C@@H](c1ccc(F)cc1)c1cnc(N2CCCCC2)nc1. The average molecular weight is 301 g/mol. The van der Waals surface area contributed by atoms with E-state index >= 15 is 0 Å². The molecule has 0 aliphatic carbocycles. The van der Waals surface area contributed by atoms with Crippen molar-refractivity contribution in [3.05, 3.63) is 53.6 Å². The summed E-state index contributed by atoms with van der Waals surface area (Å²) in [7, 11) is 0. The molecule has 1 saturated heterocycles. The van der Waals surface area contributed by atoms with Crippen LogP contribution in [0.5, 0.6) is 0 Å². The molecule has 1 aromatic carbocycles. The van der Waals surface area contributed by atoms with Crippen molar-refractivity contribution >= 4 is 5.95 Å². The molecular weight excluding hydrogens is 281 g/mol. The van der Waals surface area contributed by atoms with Gasteiger partial charge in [-0.3, -0.25) is 0 Å². The highest BCUT2D eigenvalue weighted by Gasteiger charge is 2.17. The van der Waals surface area contributed by atoms with Gasteiger partial charge in [0.05, 0.1) is 6.61 Å². The van der Waals surface area contributed by atoms with Crippen LogP contribution < -0.4 is 4.90 Å². The van der Waals surface area contributed by atoms with Crippen LogP contribution in [0.25, 0.3) is 0 Å². The van der Waals surface area contributed by atoms with Crippen LogP contribution in [-0.2, 0) is 0 Å². The largest absolute Gasteiger partial charge is 0.395 e. The van der Waals surface area contributed by atoms with Crippen LogP contribution in [0.4, 0.5) is 10.3 Å². The molecule has 1 fully saturated rings. The first kappa shape index (κ1) is 14.9. The van der Waals surface area contributed by atoms with Crippen LogP contribution in [-0.4, -0.2) is 34.8 Å². The molecule has 1 atom stereocenters. The Hall–Kier alpha value is -2.01. The highest BCUT2D eigenvalue weighted by atomic mass is 19.1. The molecular formula is C17H20FN3O. The molecule has 1 aliphatic heterocycles. The summed E-state index contributed by atoms with van der Waals surface area (Å²) >= 11 is 0. The Kier molecular flexibility index (Phi) is 4.63. The van der Waals surface area contributed by atoms with Gasteiger partial charge in [0, 0.05) is 31.4 Å². The third-order valence-corrected chi connectivity index (χ3v) is 4.15. The predicted octanol–water partition coefficient (Wildman–Crippen LogP) is 2.73. The van der Waals surface area contributed by atoms with Crippen molar-refractivity contribution in [1.82, 2.24) is 9.97 Å². The van der Waals surface area contributed by atoms with Crippen LogP contribution >= 0.6 is 0 Å². The van der Waals surface area contributed by atoms with E-state index in [0.717, 1.165) is 30.2 Å². The van der Waals surface area contributed by atoms with E-state index in [9.17, 15) is 9.50 Å². The number of halogens is 1. The summed E-state index contributed by atoms with van der Waals surface area (Å²) in [6.45, 7) is 1.94. The predicted molar refractivity (Wildman–Crippen MR) is 83.4 cm³/mol. The van der Waals surface area contributed by atoms with Gasteiger partial charge in [-0.25, -0.2) is 14.4 Å². The van der Waals surface area contributed by atoms with Crippen molar-refractivity contribution in [2.45, 2.75) is 25.2 Å². The normalized spacial score (nSPS) is 16.5. The summed E-state index contributed by atoms with van der Waals surface area (Å²) in [5, 5.41) is 9.66. The van der Waals surface area contributed by atoms with E-state index in [1.54, 1.807) is 24.5 Å². The van der Waals surface area contributed by atoms with Gasteiger partial charge in [-0.1, -0.05) is 12.1 Å². The van der Waals surface area contributed by atoms with Crippen LogP contribution in [0.15, 0.2) is 36.7 Å². The summed E-state index contributed by atoms with van der Waals surface area (Å²) in [4.78, 5) is 11.1. The van der Waals surface area contributed by atoms with Crippen molar-refractivity contribution in [3.63, 3.8) is 0 Å². The van der Waals surface area contributed by atoms with Crippen molar-refractivity contribution in [1.29, 1.82) is 0 Å². The van der Waals surface area contributed by atoms with E-state index in [4.69, 9.17) is 0 Å². The Morgan fingerprint density at radius 2 is 1.64 bits per heavy atom. The minimum absolute atomic E-state index is 0.0575. The third-order valence-electron chi connectivity index (χ3n) is 4.15. The number of anilines is 1. The van der Waals surface area contributed by atoms with Crippen molar-refractivity contribution < 1.29 is 9.50 Å². The molecule has 5 heteroatoms. The van der Waals surface area contributed by atoms with Crippen molar-refractivity contribution in [3.8, 4) is 0 Å². The number of hydrogen-bond donors (Lipinski definition) is 1. The Morgan fingerprint density at radius 1 is 1.00 bits per heavy atom. The second-order valence-electron chi connectivity index (χ2n) is 5.65. The fourth-order valence-electron chi connectivity index (χ4n) is 2.87. The van der Waals surface area contributed by atoms with E-state index in [1.807, 2.05) is 0 Å². The number of aliphatic hydroxyl groups excluding tert-OH is 1. The Labute approximate surface area is 129 Å². The summed E-state index contributed by atoms with van der Waals surface area (Å²) < 4.78 is 13.0. The fourth-order valence-corrected chi connectivity index (χ4v) is 2.87. The molecule has 0 amide bonds. The van der Waals surface area contributed by atoms with Gasteiger partial charge in [0.2, 0.25) is 5.95 Å². The number of rotatable bonds is 4. The lowest BCUT2D eigenvalue weighted by molar-refractivity contribution is 0.280. The maximum absolute atomic E-state index is 13.0. The average Bonchev–Trinajstić information content (AvgIpc) is 2.59. The van der Waals surface area contributed by atoms with Crippen molar-refractivity contribution in [2.24, 2.45) is 0 Å². The quantitative estimate of drug-likeness (QED) is 0.943. The lowest BCUT2D eigenvalue weighted by Gasteiger charge is -2.26. The molecule has 116 valence electrons. The molecule has 3 rings (SSSR count). The molecule has 22 heavy (non-hydrogen) atoms. The summed E-state index contributed by atoms with van der Waals surface area (Å²) in [6, 6.07) is 6.19. The van der Waals surface area contributed by atoms with Crippen LogP contribution in [0, 0.1) is 5.82 Å². The molecule has 0 radical (unpaired) electrons. The maximum Gasteiger partial charge on any atom is 0.225 e. The van der Waals surface area contributed by atoms with Crippen LogP contribution in [0.1, 0.15) is 36.3 Å².